The Morgan fingerprint density at radius 2 is 1.67 bits per heavy atom. The Bertz CT molecular complexity index is 577. The number of nitrogens with zero attached hydrogens (tertiary/aromatic N) is 1. The largest absolute Gasteiger partial charge is 0.591 e. The van der Waals surface area contributed by atoms with Gasteiger partial charge >= 0.3 is 10.2 Å². The topological polar surface area (TPSA) is 35.4 Å². The molecule has 1 aromatic rings. The second-order valence-corrected chi connectivity index (χ2v) is 9.85. The Morgan fingerprint density at radius 1 is 1.14 bits per heavy atom. The van der Waals surface area contributed by atoms with Crippen molar-refractivity contribution in [2.75, 3.05) is 0 Å². The third-order valence-corrected chi connectivity index (χ3v) is 5.07. The summed E-state index contributed by atoms with van der Waals surface area (Å²) in [6.45, 7) is 6.26. The molecule has 1 unspecified atom stereocenters. The van der Waals surface area contributed by atoms with E-state index in [2.05, 4.69) is 4.40 Å². The quantitative estimate of drug-likeness (QED) is 0.396. The molecule has 0 spiro atoms. The molecule has 0 bridgehead atoms. The van der Waals surface area contributed by atoms with Gasteiger partial charge in [-0.3, -0.25) is 0 Å². The zero-order valence-electron chi connectivity index (χ0n) is 11.9. The predicted octanol–water partition coefficient (Wildman–Crippen LogP) is 5.62. The van der Waals surface area contributed by atoms with Crippen molar-refractivity contribution in [1.29, 1.82) is 0 Å². The molecule has 0 radical (unpaired) electrons. The van der Waals surface area contributed by atoms with Crippen molar-refractivity contribution in [3.8, 4) is 0 Å². The summed E-state index contributed by atoms with van der Waals surface area (Å²) in [5.41, 5.74) is -0.134. The minimum absolute atomic E-state index is 0.00644. The first-order valence-electron chi connectivity index (χ1n) is 5.82. The SMILES string of the molecule is CC(=N[S+]([O-])C(C)(C)C)c1cccc(S(F)(F)(F)(F)F)c1. The molecule has 122 valence electrons. The lowest BCUT2D eigenvalue weighted by molar-refractivity contribution is 0.364. The minimum atomic E-state index is -9.73. The number of rotatable bonds is 3. The monoisotopic (exact) mass is 349 g/mol. The van der Waals surface area contributed by atoms with Gasteiger partial charge in [-0.05, 0) is 39.8 Å². The predicted molar refractivity (Wildman–Crippen MR) is 77.9 cm³/mol. The van der Waals surface area contributed by atoms with Gasteiger partial charge in [0.15, 0.2) is 0 Å². The molecule has 0 aliphatic heterocycles. The fraction of sp³-hybridized carbons (Fsp3) is 0.417. The van der Waals surface area contributed by atoms with E-state index in [0.717, 1.165) is 6.07 Å². The van der Waals surface area contributed by atoms with Crippen molar-refractivity contribution in [3.05, 3.63) is 29.8 Å². The summed E-state index contributed by atoms with van der Waals surface area (Å²) in [5.74, 6) is 0. The van der Waals surface area contributed by atoms with Gasteiger partial charge in [0.05, 0.1) is 5.71 Å². The van der Waals surface area contributed by atoms with Crippen LogP contribution in [0, 0.1) is 0 Å². The molecular weight excluding hydrogens is 333 g/mol. The second-order valence-electron chi connectivity index (χ2n) is 5.54. The molecule has 0 aromatic heterocycles. The number of hydrogen-bond donors (Lipinski definition) is 0. The fourth-order valence-corrected chi connectivity index (χ4v) is 2.59. The summed E-state index contributed by atoms with van der Waals surface area (Å²) < 4.78 is 78.6. The summed E-state index contributed by atoms with van der Waals surface area (Å²) >= 11 is -1.69. The average Bonchev–Trinajstić information content (AvgIpc) is 2.24. The van der Waals surface area contributed by atoms with E-state index in [9.17, 15) is 24.0 Å². The average molecular weight is 349 g/mol. The molecule has 1 aromatic carbocycles. The third kappa shape index (κ3) is 5.15. The maximum Gasteiger partial charge on any atom is 0.310 e. The summed E-state index contributed by atoms with van der Waals surface area (Å²) in [4.78, 5) is -1.98. The van der Waals surface area contributed by atoms with E-state index in [-0.39, 0.29) is 11.3 Å². The van der Waals surface area contributed by atoms with Crippen molar-refractivity contribution in [2.24, 2.45) is 4.40 Å². The van der Waals surface area contributed by atoms with E-state index in [1.807, 2.05) is 0 Å². The molecular formula is C12H16F5NOS2. The highest BCUT2D eigenvalue weighted by atomic mass is 32.5. The van der Waals surface area contributed by atoms with Crippen LogP contribution in [0.4, 0.5) is 19.4 Å². The van der Waals surface area contributed by atoms with Crippen LogP contribution < -0.4 is 0 Å². The zero-order chi connectivity index (χ0) is 16.8. The zero-order valence-corrected chi connectivity index (χ0v) is 13.5. The van der Waals surface area contributed by atoms with Crippen LogP contribution in [0.5, 0.6) is 0 Å². The van der Waals surface area contributed by atoms with Crippen LogP contribution in [0.1, 0.15) is 33.3 Å². The van der Waals surface area contributed by atoms with Crippen molar-refractivity contribution in [3.63, 3.8) is 0 Å². The normalized spacial score (nSPS) is 18.9. The Labute approximate surface area is 123 Å². The van der Waals surface area contributed by atoms with Gasteiger partial charge in [-0.1, -0.05) is 36.0 Å². The van der Waals surface area contributed by atoms with Gasteiger partial charge in [0.2, 0.25) is 0 Å². The molecule has 2 nitrogen and oxygen atoms in total. The second kappa shape index (κ2) is 4.60. The van der Waals surface area contributed by atoms with Crippen LogP contribution in [0.15, 0.2) is 33.6 Å². The van der Waals surface area contributed by atoms with Gasteiger partial charge in [-0.25, -0.2) is 0 Å². The molecule has 0 saturated carbocycles. The smallest absolute Gasteiger partial charge is 0.310 e. The number of halogens is 5. The lowest BCUT2D eigenvalue weighted by atomic mass is 10.1. The van der Waals surface area contributed by atoms with Crippen LogP contribution in [0.25, 0.3) is 0 Å². The van der Waals surface area contributed by atoms with Crippen molar-refractivity contribution < 1.29 is 24.0 Å². The number of benzene rings is 1. The molecule has 1 rings (SSSR count). The van der Waals surface area contributed by atoms with Gasteiger partial charge in [-0.15, -0.1) is 0 Å². The highest BCUT2D eigenvalue weighted by Crippen LogP contribution is 3.02. The van der Waals surface area contributed by atoms with E-state index >= 15 is 0 Å². The first-order chi connectivity index (χ1) is 9.00. The van der Waals surface area contributed by atoms with E-state index in [4.69, 9.17) is 0 Å². The summed E-state index contributed by atoms with van der Waals surface area (Å²) in [5, 5.41) is 0. The third-order valence-electron chi connectivity index (χ3n) is 2.44. The van der Waals surface area contributed by atoms with Crippen LogP contribution in [0.3, 0.4) is 0 Å². The Balaban J connectivity index is 3.28. The fourth-order valence-electron chi connectivity index (χ4n) is 1.28. The van der Waals surface area contributed by atoms with Crippen LogP contribution in [0.2, 0.25) is 0 Å². The summed E-state index contributed by atoms with van der Waals surface area (Å²) in [6.07, 6.45) is 0. The Morgan fingerprint density at radius 3 is 2.10 bits per heavy atom. The molecule has 0 aliphatic rings. The molecule has 0 aliphatic carbocycles. The number of hydrogen-bond acceptors (Lipinski definition) is 2. The van der Waals surface area contributed by atoms with Gasteiger partial charge in [-0.2, -0.15) is 0 Å². The molecule has 1 atom stereocenters. The highest BCUT2D eigenvalue weighted by Gasteiger charge is 2.65. The molecule has 9 heteroatoms. The van der Waals surface area contributed by atoms with Gasteiger partial charge in [0.1, 0.15) is 21.0 Å². The molecule has 0 N–H and O–H groups in total. The lowest BCUT2D eigenvalue weighted by Crippen LogP contribution is -2.26. The summed E-state index contributed by atoms with van der Waals surface area (Å²) in [7, 11) is -9.73. The lowest BCUT2D eigenvalue weighted by Gasteiger charge is -2.40. The maximum absolute atomic E-state index is 12.7. The molecule has 21 heavy (non-hydrogen) atoms. The molecule has 0 heterocycles. The maximum atomic E-state index is 12.7. The van der Waals surface area contributed by atoms with E-state index in [1.54, 1.807) is 20.8 Å². The van der Waals surface area contributed by atoms with E-state index < -0.39 is 31.2 Å². The Hall–Kier alpha value is -0.800. The van der Waals surface area contributed by atoms with E-state index in [0.29, 0.717) is 12.1 Å². The molecule has 0 saturated heterocycles. The van der Waals surface area contributed by atoms with Gasteiger partial charge < -0.3 is 4.55 Å². The highest BCUT2D eigenvalue weighted by molar-refractivity contribution is 8.45. The first-order valence-corrected chi connectivity index (χ1v) is 8.88. The van der Waals surface area contributed by atoms with Crippen molar-refractivity contribution in [1.82, 2.24) is 0 Å². The molecule has 0 fully saturated rings. The molecule has 0 amide bonds. The van der Waals surface area contributed by atoms with Crippen LogP contribution >= 0.6 is 10.2 Å². The summed E-state index contributed by atoms with van der Waals surface area (Å²) in [6, 6.07) is 2.74. The first kappa shape index (κ1) is 18.2. The van der Waals surface area contributed by atoms with Gasteiger partial charge in [0, 0.05) is 5.56 Å². The Kier molecular flexibility index (Phi) is 3.99. The van der Waals surface area contributed by atoms with Crippen LogP contribution in [-0.2, 0) is 11.4 Å². The van der Waals surface area contributed by atoms with Crippen molar-refractivity contribution in [2.45, 2.75) is 37.3 Å². The minimum Gasteiger partial charge on any atom is -0.591 e. The van der Waals surface area contributed by atoms with E-state index in [1.165, 1.54) is 13.0 Å². The standard InChI is InChI=1S/C12H16F5NOS2/c1-9(18-20(19)12(2,3)4)10-6-5-7-11(8-10)21(13,14,15,16)17/h5-8H,1-4H3. The van der Waals surface area contributed by atoms with Crippen LogP contribution in [-0.4, -0.2) is 15.0 Å². The van der Waals surface area contributed by atoms with Gasteiger partial charge in [0.25, 0.3) is 0 Å². The van der Waals surface area contributed by atoms with Crippen molar-refractivity contribution >= 4 is 27.3 Å².